The number of carbonyl (C=O) groups is 1. The van der Waals surface area contributed by atoms with Gasteiger partial charge < -0.3 is 4.74 Å². The molecule has 0 N–H and O–H groups in total. The van der Waals surface area contributed by atoms with Crippen molar-refractivity contribution in [1.29, 1.82) is 0 Å². The van der Waals surface area contributed by atoms with Crippen molar-refractivity contribution < 1.29 is 22.7 Å². The molecule has 0 radical (unpaired) electrons. The summed E-state index contributed by atoms with van der Waals surface area (Å²) >= 11 is 0. The van der Waals surface area contributed by atoms with E-state index in [2.05, 4.69) is 0 Å². The summed E-state index contributed by atoms with van der Waals surface area (Å²) in [5, 5.41) is 0. The molecule has 1 aromatic rings. The molecule has 1 aromatic carbocycles. The third-order valence-electron chi connectivity index (χ3n) is 2.42. The van der Waals surface area contributed by atoms with Crippen LogP contribution in [0.15, 0.2) is 35.9 Å². The lowest BCUT2D eigenvalue weighted by molar-refractivity contribution is -0.0936. The number of alkyl halides is 3. The highest BCUT2D eigenvalue weighted by atomic mass is 19.4. The van der Waals surface area contributed by atoms with Gasteiger partial charge in [-0.15, -0.1) is 0 Å². The van der Waals surface area contributed by atoms with Gasteiger partial charge in [0.1, 0.15) is 5.75 Å². The molecule has 0 heterocycles. The van der Waals surface area contributed by atoms with Gasteiger partial charge in [-0.25, -0.2) is 0 Å². The number of ether oxygens (including phenoxy) is 1. The van der Waals surface area contributed by atoms with E-state index in [1.54, 1.807) is 0 Å². The second-order valence-corrected chi connectivity index (χ2v) is 3.61. The van der Waals surface area contributed by atoms with Gasteiger partial charge in [0.25, 0.3) is 0 Å². The van der Waals surface area contributed by atoms with Crippen molar-refractivity contribution in [2.75, 3.05) is 7.11 Å². The van der Waals surface area contributed by atoms with Crippen LogP contribution in [0.5, 0.6) is 5.75 Å². The monoisotopic (exact) mass is 258 g/mol. The molecule has 1 rings (SSSR count). The summed E-state index contributed by atoms with van der Waals surface area (Å²) in [6.45, 7) is 1.36. The average molecular weight is 258 g/mol. The van der Waals surface area contributed by atoms with E-state index in [4.69, 9.17) is 4.74 Å². The van der Waals surface area contributed by atoms with E-state index in [9.17, 15) is 18.0 Å². The molecular weight excluding hydrogens is 245 g/mol. The summed E-state index contributed by atoms with van der Waals surface area (Å²) in [6, 6.07) is 5.92. The van der Waals surface area contributed by atoms with Gasteiger partial charge in [0.05, 0.1) is 7.11 Å². The molecule has 0 saturated heterocycles. The molecule has 2 nitrogen and oxygen atoms in total. The molecular formula is C13H13F3O2. The van der Waals surface area contributed by atoms with Crippen LogP contribution in [0.25, 0.3) is 0 Å². The molecule has 0 aromatic heterocycles. The first-order valence-electron chi connectivity index (χ1n) is 5.34. The third-order valence-corrected chi connectivity index (χ3v) is 2.42. The maximum atomic E-state index is 12.5. The van der Waals surface area contributed by atoms with Crippen LogP contribution in [0.4, 0.5) is 13.2 Å². The first-order valence-corrected chi connectivity index (χ1v) is 5.34. The predicted octanol–water partition coefficient (Wildman–Crippen LogP) is 3.78. The van der Waals surface area contributed by atoms with E-state index < -0.39 is 17.5 Å². The minimum Gasteiger partial charge on any atom is -0.497 e. The van der Waals surface area contributed by atoms with Crippen LogP contribution in [0, 0.1) is 0 Å². The Labute approximate surface area is 103 Å². The number of hydrogen-bond acceptors (Lipinski definition) is 2. The Hall–Kier alpha value is -1.78. The number of hydrogen-bond donors (Lipinski definition) is 0. The average Bonchev–Trinajstić information content (AvgIpc) is 2.34. The van der Waals surface area contributed by atoms with Crippen LogP contribution in [-0.4, -0.2) is 19.1 Å². The largest absolute Gasteiger partial charge is 0.497 e. The highest BCUT2D eigenvalue weighted by Crippen LogP contribution is 2.28. The standard InChI is InChI=1S/C13H13F3O2/c1-3-10(13(14,15)16)8-12(17)9-4-6-11(18-2)7-5-9/h4-8H,3H2,1-2H3/b10-8+. The number of methoxy groups -OCH3 is 1. The summed E-state index contributed by atoms with van der Waals surface area (Å²) < 4.78 is 42.3. The smallest absolute Gasteiger partial charge is 0.412 e. The lowest BCUT2D eigenvalue weighted by Crippen LogP contribution is -2.13. The van der Waals surface area contributed by atoms with E-state index in [0.29, 0.717) is 11.8 Å². The van der Waals surface area contributed by atoms with E-state index in [0.717, 1.165) is 0 Å². The molecule has 5 heteroatoms. The van der Waals surface area contributed by atoms with Gasteiger partial charge in [-0.05, 0) is 36.8 Å². The first kappa shape index (κ1) is 14.3. The Bertz CT molecular complexity index is 444. The van der Waals surface area contributed by atoms with Crippen molar-refractivity contribution in [3.8, 4) is 5.75 Å². The normalized spacial score (nSPS) is 12.4. The lowest BCUT2D eigenvalue weighted by atomic mass is 10.1. The number of rotatable bonds is 4. The zero-order valence-electron chi connectivity index (χ0n) is 10.0. The second-order valence-electron chi connectivity index (χ2n) is 3.61. The van der Waals surface area contributed by atoms with Gasteiger partial charge in [0.15, 0.2) is 5.78 Å². The Kier molecular flexibility index (Phi) is 4.53. The van der Waals surface area contributed by atoms with E-state index in [-0.39, 0.29) is 12.0 Å². The van der Waals surface area contributed by atoms with E-state index in [1.807, 2.05) is 0 Å². The SMILES string of the molecule is CC/C(=C\C(=O)c1ccc(OC)cc1)C(F)(F)F. The van der Waals surface area contributed by atoms with Crippen molar-refractivity contribution in [3.63, 3.8) is 0 Å². The molecule has 0 aliphatic carbocycles. The van der Waals surface area contributed by atoms with Gasteiger partial charge in [-0.3, -0.25) is 4.79 Å². The van der Waals surface area contributed by atoms with Crippen molar-refractivity contribution >= 4 is 5.78 Å². The molecule has 0 spiro atoms. The predicted molar refractivity (Wildman–Crippen MR) is 61.8 cm³/mol. The second kappa shape index (κ2) is 5.71. The van der Waals surface area contributed by atoms with Crippen LogP contribution < -0.4 is 4.74 Å². The number of ketones is 1. The van der Waals surface area contributed by atoms with Crippen molar-refractivity contribution in [2.24, 2.45) is 0 Å². The van der Waals surface area contributed by atoms with Gasteiger partial charge in [0, 0.05) is 11.1 Å². The zero-order valence-corrected chi connectivity index (χ0v) is 10.0. The summed E-state index contributed by atoms with van der Waals surface area (Å²) in [7, 11) is 1.47. The van der Waals surface area contributed by atoms with Crippen molar-refractivity contribution in [2.45, 2.75) is 19.5 Å². The Morgan fingerprint density at radius 1 is 1.28 bits per heavy atom. The lowest BCUT2D eigenvalue weighted by Gasteiger charge is -2.09. The summed E-state index contributed by atoms with van der Waals surface area (Å²) in [5.74, 6) is -0.117. The highest BCUT2D eigenvalue weighted by Gasteiger charge is 2.32. The quantitative estimate of drug-likeness (QED) is 0.607. The van der Waals surface area contributed by atoms with E-state index in [1.165, 1.54) is 38.3 Å². The molecule has 0 atom stereocenters. The van der Waals surface area contributed by atoms with Gasteiger partial charge in [0.2, 0.25) is 0 Å². The third kappa shape index (κ3) is 3.61. The number of carbonyl (C=O) groups excluding carboxylic acids is 1. The number of halogens is 3. The molecule has 0 aliphatic rings. The van der Waals surface area contributed by atoms with Crippen LogP contribution in [0.3, 0.4) is 0 Å². The maximum absolute atomic E-state index is 12.5. The molecule has 0 unspecified atom stereocenters. The molecule has 0 saturated carbocycles. The fourth-order valence-electron chi connectivity index (χ4n) is 1.38. The minimum absolute atomic E-state index is 0.200. The van der Waals surface area contributed by atoms with E-state index >= 15 is 0 Å². The maximum Gasteiger partial charge on any atom is 0.412 e. The molecule has 18 heavy (non-hydrogen) atoms. The summed E-state index contributed by atoms with van der Waals surface area (Å²) in [6.07, 6.45) is -4.05. The zero-order chi connectivity index (χ0) is 13.8. The van der Waals surface area contributed by atoms with Crippen LogP contribution in [0.2, 0.25) is 0 Å². The van der Waals surface area contributed by atoms with Crippen LogP contribution in [-0.2, 0) is 0 Å². The highest BCUT2D eigenvalue weighted by molar-refractivity contribution is 6.05. The van der Waals surface area contributed by atoms with Crippen LogP contribution in [0.1, 0.15) is 23.7 Å². The first-order chi connectivity index (χ1) is 8.38. The number of allylic oxidation sites excluding steroid dienone is 2. The fourth-order valence-corrected chi connectivity index (χ4v) is 1.38. The van der Waals surface area contributed by atoms with Crippen LogP contribution >= 0.6 is 0 Å². The molecule has 0 fully saturated rings. The topological polar surface area (TPSA) is 26.3 Å². The molecule has 0 bridgehead atoms. The summed E-state index contributed by atoms with van der Waals surface area (Å²) in [4.78, 5) is 11.6. The number of benzene rings is 1. The minimum atomic E-state index is -4.46. The van der Waals surface area contributed by atoms with Crippen molar-refractivity contribution in [1.82, 2.24) is 0 Å². The van der Waals surface area contributed by atoms with Gasteiger partial charge in [-0.1, -0.05) is 6.92 Å². The van der Waals surface area contributed by atoms with Crippen molar-refractivity contribution in [3.05, 3.63) is 41.5 Å². The Morgan fingerprint density at radius 2 is 1.83 bits per heavy atom. The Morgan fingerprint density at radius 3 is 2.22 bits per heavy atom. The summed E-state index contributed by atoms with van der Waals surface area (Å²) in [5.41, 5.74) is -0.630. The Balaban J connectivity index is 2.96. The van der Waals surface area contributed by atoms with Gasteiger partial charge in [-0.2, -0.15) is 13.2 Å². The fraction of sp³-hybridized carbons (Fsp3) is 0.308. The molecule has 0 amide bonds. The van der Waals surface area contributed by atoms with Gasteiger partial charge >= 0.3 is 6.18 Å². The molecule has 0 aliphatic heterocycles. The molecule has 98 valence electrons.